The molecule has 0 aliphatic heterocycles. The van der Waals surface area contributed by atoms with Gasteiger partial charge in [-0.3, -0.25) is 0 Å². The molecule has 2 aliphatic carbocycles. The van der Waals surface area contributed by atoms with Crippen molar-refractivity contribution < 1.29 is 4.74 Å². The third-order valence-corrected chi connectivity index (χ3v) is 5.61. The van der Waals surface area contributed by atoms with Crippen molar-refractivity contribution in [2.75, 3.05) is 7.11 Å². The summed E-state index contributed by atoms with van der Waals surface area (Å²) in [5.41, 5.74) is 0.749. The van der Waals surface area contributed by atoms with E-state index in [1.54, 1.807) is 0 Å². The second-order valence-electron chi connectivity index (χ2n) is 5.43. The zero-order chi connectivity index (χ0) is 9.85. The second-order valence-corrected chi connectivity index (χ2v) is 6.03. The summed E-state index contributed by atoms with van der Waals surface area (Å²) < 4.78 is 5.62. The van der Waals surface area contributed by atoms with Gasteiger partial charge in [0.25, 0.3) is 0 Å². The molecule has 76 valence electrons. The summed E-state index contributed by atoms with van der Waals surface area (Å²) in [6, 6.07) is 0. The standard InChI is InChI=1S/C11H20OS/c1-10(2)7-5-6-11(10,3)9(12-4)8(7)13/h7-9,13H,5-6H2,1-4H3/t7-,8?,9?,11+/m1/s1. The van der Waals surface area contributed by atoms with Gasteiger partial charge in [-0.2, -0.15) is 12.6 Å². The molecular weight excluding hydrogens is 180 g/mol. The highest BCUT2D eigenvalue weighted by Crippen LogP contribution is 2.67. The molecule has 0 spiro atoms. The SMILES string of the molecule is COC1C(S)[C@H]2CC[C@]1(C)C2(C)C. The van der Waals surface area contributed by atoms with Crippen molar-refractivity contribution in [3.05, 3.63) is 0 Å². The van der Waals surface area contributed by atoms with Gasteiger partial charge in [0.2, 0.25) is 0 Å². The van der Waals surface area contributed by atoms with Gasteiger partial charge in [-0.1, -0.05) is 20.8 Å². The number of ether oxygens (including phenoxy) is 1. The number of fused-ring (bicyclic) bond motifs is 2. The maximum Gasteiger partial charge on any atom is 0.0748 e. The fourth-order valence-corrected chi connectivity index (χ4v) is 4.63. The Kier molecular flexibility index (Phi) is 2.02. The van der Waals surface area contributed by atoms with Crippen LogP contribution in [-0.2, 0) is 4.74 Å². The molecule has 2 fully saturated rings. The quantitative estimate of drug-likeness (QED) is 0.640. The molecule has 2 heteroatoms. The Morgan fingerprint density at radius 1 is 1.31 bits per heavy atom. The van der Waals surface area contributed by atoms with Crippen molar-refractivity contribution >= 4 is 12.6 Å². The predicted octanol–water partition coefficient (Wildman–Crippen LogP) is 2.76. The topological polar surface area (TPSA) is 9.23 Å². The van der Waals surface area contributed by atoms with Crippen LogP contribution in [0.5, 0.6) is 0 Å². The smallest absolute Gasteiger partial charge is 0.0748 e. The molecule has 2 aliphatic rings. The molecule has 0 aromatic rings. The summed E-state index contributed by atoms with van der Waals surface area (Å²) in [6.07, 6.45) is 2.99. The predicted molar refractivity (Wildman–Crippen MR) is 58.2 cm³/mol. The largest absolute Gasteiger partial charge is 0.380 e. The Labute approximate surface area is 86.6 Å². The Morgan fingerprint density at radius 3 is 2.23 bits per heavy atom. The van der Waals surface area contributed by atoms with Crippen LogP contribution in [0.1, 0.15) is 33.6 Å². The number of thiol groups is 1. The highest BCUT2D eigenvalue weighted by molar-refractivity contribution is 7.81. The lowest BCUT2D eigenvalue weighted by atomic mass is 9.70. The lowest BCUT2D eigenvalue weighted by Gasteiger charge is -2.38. The highest BCUT2D eigenvalue weighted by Gasteiger charge is 2.65. The van der Waals surface area contributed by atoms with E-state index in [9.17, 15) is 0 Å². The minimum absolute atomic E-state index is 0.346. The van der Waals surface area contributed by atoms with E-state index in [1.807, 2.05) is 7.11 Å². The van der Waals surface area contributed by atoms with Gasteiger partial charge in [0, 0.05) is 17.8 Å². The molecule has 0 aromatic carbocycles. The average Bonchev–Trinajstić information content (AvgIpc) is 2.32. The molecule has 2 saturated carbocycles. The van der Waals surface area contributed by atoms with Gasteiger partial charge in [0.1, 0.15) is 0 Å². The maximum atomic E-state index is 5.62. The lowest BCUT2D eigenvalue weighted by molar-refractivity contribution is -0.0174. The average molecular weight is 200 g/mol. The molecule has 13 heavy (non-hydrogen) atoms. The van der Waals surface area contributed by atoms with E-state index in [2.05, 4.69) is 20.8 Å². The van der Waals surface area contributed by atoms with Crippen LogP contribution in [-0.4, -0.2) is 18.5 Å². The molecular formula is C11H20OS. The van der Waals surface area contributed by atoms with Crippen molar-refractivity contribution in [3.63, 3.8) is 0 Å². The first kappa shape index (κ1) is 9.85. The van der Waals surface area contributed by atoms with Crippen LogP contribution in [0.15, 0.2) is 0 Å². The Balaban J connectivity index is 2.40. The first-order chi connectivity index (χ1) is 5.95. The van der Waals surface area contributed by atoms with E-state index >= 15 is 0 Å². The molecule has 2 rings (SSSR count). The summed E-state index contributed by atoms with van der Waals surface area (Å²) in [5, 5.41) is 0.443. The van der Waals surface area contributed by atoms with Gasteiger partial charge < -0.3 is 4.74 Å². The summed E-state index contributed by atoms with van der Waals surface area (Å²) in [4.78, 5) is 0. The minimum Gasteiger partial charge on any atom is -0.380 e. The molecule has 4 atom stereocenters. The van der Waals surface area contributed by atoms with Gasteiger partial charge in [-0.25, -0.2) is 0 Å². The number of hydrogen-bond acceptors (Lipinski definition) is 2. The number of hydrogen-bond donors (Lipinski definition) is 1. The van der Waals surface area contributed by atoms with Gasteiger partial charge in [0.15, 0.2) is 0 Å². The Hall–Kier alpha value is 0.310. The summed E-state index contributed by atoms with van der Waals surface area (Å²) in [5.74, 6) is 0.741. The molecule has 0 radical (unpaired) electrons. The fourth-order valence-electron chi connectivity index (χ4n) is 3.66. The second kappa shape index (κ2) is 2.66. The zero-order valence-electron chi connectivity index (χ0n) is 9.00. The van der Waals surface area contributed by atoms with Crippen LogP contribution < -0.4 is 0 Å². The maximum absolute atomic E-state index is 5.62. The van der Waals surface area contributed by atoms with E-state index in [1.165, 1.54) is 12.8 Å². The molecule has 0 N–H and O–H groups in total. The van der Waals surface area contributed by atoms with E-state index in [0.29, 0.717) is 22.2 Å². The van der Waals surface area contributed by atoms with Crippen LogP contribution >= 0.6 is 12.6 Å². The fraction of sp³-hybridized carbons (Fsp3) is 1.00. The molecule has 1 nitrogen and oxygen atoms in total. The van der Waals surface area contributed by atoms with Crippen molar-refractivity contribution in [1.29, 1.82) is 0 Å². The van der Waals surface area contributed by atoms with E-state index in [4.69, 9.17) is 17.4 Å². The molecule has 0 amide bonds. The van der Waals surface area contributed by atoms with E-state index < -0.39 is 0 Å². The molecule has 0 saturated heterocycles. The lowest BCUT2D eigenvalue weighted by Crippen LogP contribution is -2.39. The third kappa shape index (κ3) is 0.940. The third-order valence-electron chi connectivity index (χ3n) is 4.98. The van der Waals surface area contributed by atoms with Crippen molar-refractivity contribution in [1.82, 2.24) is 0 Å². The van der Waals surface area contributed by atoms with E-state index in [-0.39, 0.29) is 0 Å². The number of methoxy groups -OCH3 is 1. The highest BCUT2D eigenvalue weighted by atomic mass is 32.1. The normalized spacial score (nSPS) is 52.8. The number of rotatable bonds is 1. The summed E-state index contributed by atoms with van der Waals surface area (Å²) >= 11 is 4.72. The molecule has 2 unspecified atom stereocenters. The van der Waals surface area contributed by atoms with Crippen LogP contribution in [0.4, 0.5) is 0 Å². The molecule has 2 bridgehead atoms. The van der Waals surface area contributed by atoms with Crippen molar-refractivity contribution in [3.8, 4) is 0 Å². The molecule has 0 heterocycles. The zero-order valence-corrected chi connectivity index (χ0v) is 9.90. The van der Waals surface area contributed by atoms with E-state index in [0.717, 1.165) is 5.92 Å². The van der Waals surface area contributed by atoms with Gasteiger partial charge in [-0.05, 0) is 24.2 Å². The Bertz CT molecular complexity index is 226. The van der Waals surface area contributed by atoms with Crippen molar-refractivity contribution in [2.45, 2.75) is 45.0 Å². The summed E-state index contributed by atoms with van der Waals surface area (Å²) in [6.45, 7) is 7.14. The van der Waals surface area contributed by atoms with Gasteiger partial charge in [-0.15, -0.1) is 0 Å². The van der Waals surface area contributed by atoms with Gasteiger partial charge >= 0.3 is 0 Å². The Morgan fingerprint density at radius 2 is 1.92 bits per heavy atom. The van der Waals surface area contributed by atoms with Crippen LogP contribution in [0.25, 0.3) is 0 Å². The van der Waals surface area contributed by atoms with Crippen LogP contribution in [0.3, 0.4) is 0 Å². The van der Waals surface area contributed by atoms with Crippen LogP contribution in [0, 0.1) is 16.7 Å². The summed E-state index contributed by atoms with van der Waals surface area (Å²) in [7, 11) is 1.83. The van der Waals surface area contributed by atoms with Gasteiger partial charge in [0.05, 0.1) is 6.10 Å². The monoisotopic (exact) mass is 200 g/mol. The molecule has 0 aromatic heterocycles. The first-order valence-corrected chi connectivity index (χ1v) is 5.67. The first-order valence-electron chi connectivity index (χ1n) is 5.16. The van der Waals surface area contributed by atoms with Crippen LogP contribution in [0.2, 0.25) is 0 Å². The van der Waals surface area contributed by atoms with Crippen molar-refractivity contribution in [2.24, 2.45) is 16.7 Å². The minimum atomic E-state index is 0.346.